The van der Waals surface area contributed by atoms with E-state index in [1.54, 1.807) is 6.08 Å². The highest BCUT2D eigenvalue weighted by Crippen LogP contribution is 2.66. The number of phenolic OH excluding ortho intramolecular Hbond substituents is 1. The molecule has 2 heterocycles. The van der Waals surface area contributed by atoms with Gasteiger partial charge in [-0.05, 0) is 60.7 Å². The molecule has 218 valence electrons. The van der Waals surface area contributed by atoms with Crippen LogP contribution in [-0.4, -0.2) is 61.0 Å². The van der Waals surface area contributed by atoms with Gasteiger partial charge in [0.1, 0.15) is 11.6 Å². The summed E-state index contributed by atoms with van der Waals surface area (Å²) in [4.78, 5) is 63.9. The quantitative estimate of drug-likeness (QED) is 0.286. The van der Waals surface area contributed by atoms with Crippen molar-refractivity contribution >= 4 is 70.1 Å². The third-order valence-electron chi connectivity index (χ3n) is 8.83. The number of hydrogen-bond acceptors (Lipinski definition) is 6. The summed E-state index contributed by atoms with van der Waals surface area (Å²) in [5.41, 5.74) is 0.794. The maximum atomic E-state index is 14.2. The van der Waals surface area contributed by atoms with E-state index in [0.29, 0.717) is 5.57 Å². The molecule has 13 heteroatoms. The zero-order valence-corrected chi connectivity index (χ0v) is 23.9. The number of phenols is 1. The van der Waals surface area contributed by atoms with Gasteiger partial charge in [0.25, 0.3) is 11.8 Å². The minimum Gasteiger partial charge on any atom is -0.508 e. The Labute approximate surface area is 253 Å². The topological polar surface area (TPSA) is 132 Å². The van der Waals surface area contributed by atoms with Crippen LogP contribution in [0, 0.1) is 23.6 Å². The van der Waals surface area contributed by atoms with Crippen LogP contribution in [0.5, 0.6) is 5.75 Å². The van der Waals surface area contributed by atoms with E-state index >= 15 is 0 Å². The number of carboxylic acid groups (broad SMARTS) is 1. The van der Waals surface area contributed by atoms with Crippen molar-refractivity contribution < 1.29 is 38.6 Å². The third-order valence-corrected chi connectivity index (χ3v) is 10.6. The van der Waals surface area contributed by atoms with E-state index in [9.17, 15) is 33.5 Å². The molecule has 0 aromatic heterocycles. The van der Waals surface area contributed by atoms with Crippen LogP contribution in [0.2, 0.25) is 5.02 Å². The average Bonchev–Trinajstić information content (AvgIpc) is 3.26. The molecule has 0 radical (unpaired) electrons. The fourth-order valence-electron chi connectivity index (χ4n) is 6.99. The van der Waals surface area contributed by atoms with E-state index < -0.39 is 75.3 Å². The molecule has 2 aromatic carbocycles. The summed E-state index contributed by atoms with van der Waals surface area (Å²) in [5, 5.41) is 19.2. The summed E-state index contributed by atoms with van der Waals surface area (Å²) < 4.78 is 13.7. The molecule has 4 aliphatic rings. The first-order chi connectivity index (χ1) is 19.8. The van der Waals surface area contributed by atoms with Crippen LogP contribution in [0.3, 0.4) is 0 Å². The number of allylic oxidation sites excluding steroid dienone is 2. The smallest absolute Gasteiger partial charge is 0.305 e. The number of amides is 4. The molecule has 6 rings (SSSR count). The molecule has 1 saturated carbocycles. The average molecular weight is 636 g/mol. The van der Waals surface area contributed by atoms with E-state index in [1.807, 2.05) is 0 Å². The number of anilines is 1. The van der Waals surface area contributed by atoms with Crippen LogP contribution >= 0.6 is 34.8 Å². The number of fused-ring (bicyclic) bond motifs is 4. The van der Waals surface area contributed by atoms with Gasteiger partial charge in [0, 0.05) is 17.5 Å². The molecular weight excluding hydrogens is 614 g/mol. The van der Waals surface area contributed by atoms with Crippen LogP contribution in [0.4, 0.5) is 10.1 Å². The SMILES string of the molecule is O=C(O)CCN1C(=O)C2CC=C3C(CC4(Cl)C(=O)N(c5ccc(F)cc5)C(=O)C4(Cl)C3c3ccc(O)cc3Cl)C2C1=O. The van der Waals surface area contributed by atoms with E-state index in [2.05, 4.69) is 0 Å². The number of carbonyl (C=O) groups excluding carboxylic acids is 4. The van der Waals surface area contributed by atoms with Gasteiger partial charge in [0.05, 0.1) is 23.9 Å². The van der Waals surface area contributed by atoms with Gasteiger partial charge in [-0.25, -0.2) is 9.29 Å². The summed E-state index contributed by atoms with van der Waals surface area (Å²) >= 11 is 21.0. The first-order valence-electron chi connectivity index (χ1n) is 13.1. The van der Waals surface area contributed by atoms with Gasteiger partial charge in [0.2, 0.25) is 11.8 Å². The minimum atomic E-state index is -2.16. The highest BCUT2D eigenvalue weighted by molar-refractivity contribution is 6.58. The van der Waals surface area contributed by atoms with E-state index in [0.717, 1.165) is 21.9 Å². The zero-order chi connectivity index (χ0) is 30.3. The zero-order valence-electron chi connectivity index (χ0n) is 21.6. The molecule has 0 bridgehead atoms. The van der Waals surface area contributed by atoms with Gasteiger partial charge in [0.15, 0.2) is 9.75 Å². The van der Waals surface area contributed by atoms with E-state index in [1.165, 1.54) is 30.3 Å². The van der Waals surface area contributed by atoms with Crippen LogP contribution in [0.25, 0.3) is 0 Å². The highest BCUT2D eigenvalue weighted by Gasteiger charge is 2.76. The Hall–Kier alpha value is -3.47. The van der Waals surface area contributed by atoms with Crippen LogP contribution in [0.15, 0.2) is 54.1 Å². The Balaban J connectivity index is 1.52. The maximum absolute atomic E-state index is 14.2. The predicted octanol–water partition coefficient (Wildman–Crippen LogP) is 4.22. The maximum Gasteiger partial charge on any atom is 0.305 e. The standard InChI is InChI=1S/C29H22Cl3FN2O7/c30-20-11-15(36)5-6-17(20)23-16-7-8-18-22(25(40)34(24(18)39)10-9-21(37)38)19(16)12-28(31)26(41)35(27(42)29(23,28)32)14-3-1-13(33)2-4-14/h1-7,11,18-19,22-23,36H,8-10,12H2,(H,37,38). The lowest BCUT2D eigenvalue weighted by atomic mass is 9.56. The fraction of sp³-hybridized carbons (Fsp3) is 0.345. The van der Waals surface area contributed by atoms with Crippen LogP contribution < -0.4 is 4.90 Å². The molecule has 3 fully saturated rings. The summed E-state index contributed by atoms with van der Waals surface area (Å²) in [7, 11) is 0. The molecule has 2 aromatic rings. The Morgan fingerprint density at radius 2 is 1.69 bits per heavy atom. The van der Waals surface area contributed by atoms with Crippen molar-refractivity contribution in [2.24, 2.45) is 17.8 Å². The Kier molecular flexibility index (Phi) is 6.67. The summed E-state index contributed by atoms with van der Waals surface area (Å²) in [6, 6.07) is 8.69. The number of carbonyl (C=O) groups is 5. The van der Waals surface area contributed by atoms with Crippen molar-refractivity contribution in [3.8, 4) is 5.75 Å². The van der Waals surface area contributed by atoms with Crippen molar-refractivity contribution in [1.82, 2.24) is 4.90 Å². The second-order valence-corrected chi connectivity index (χ2v) is 12.6. The molecule has 6 unspecified atom stereocenters. The Bertz CT molecular complexity index is 1610. The first kappa shape index (κ1) is 28.6. The number of hydrogen-bond donors (Lipinski definition) is 2. The number of likely N-dealkylation sites (tertiary alicyclic amines) is 1. The molecular formula is C29H22Cl3FN2O7. The lowest BCUT2D eigenvalue weighted by Crippen LogP contribution is -2.60. The number of rotatable bonds is 5. The van der Waals surface area contributed by atoms with Crippen molar-refractivity contribution in [2.45, 2.75) is 34.9 Å². The normalized spacial score (nSPS) is 32.0. The summed E-state index contributed by atoms with van der Waals surface area (Å²) in [5.74, 6) is -8.59. The van der Waals surface area contributed by atoms with E-state index in [4.69, 9.17) is 39.9 Å². The first-order valence-corrected chi connectivity index (χ1v) is 14.2. The molecule has 9 nitrogen and oxygen atoms in total. The van der Waals surface area contributed by atoms with Crippen LogP contribution in [0.1, 0.15) is 30.7 Å². The fourth-order valence-corrected chi connectivity index (χ4v) is 8.20. The molecule has 4 amide bonds. The van der Waals surface area contributed by atoms with Gasteiger partial charge in [-0.1, -0.05) is 29.3 Å². The summed E-state index contributed by atoms with van der Waals surface area (Å²) in [6.45, 7) is -0.309. The lowest BCUT2D eigenvalue weighted by Gasteiger charge is -2.50. The van der Waals surface area contributed by atoms with Crippen molar-refractivity contribution in [3.05, 3.63) is 70.5 Å². The number of alkyl halides is 2. The van der Waals surface area contributed by atoms with Gasteiger partial charge in [-0.15, -0.1) is 23.2 Å². The number of halogens is 4. The molecule has 2 saturated heterocycles. The second kappa shape index (κ2) is 9.79. The number of imide groups is 2. The number of aliphatic carboxylic acids is 1. The van der Waals surface area contributed by atoms with Crippen molar-refractivity contribution in [1.29, 1.82) is 0 Å². The Morgan fingerprint density at radius 1 is 1.00 bits per heavy atom. The second-order valence-electron chi connectivity index (χ2n) is 10.9. The minimum absolute atomic E-state index is 0.0279. The highest BCUT2D eigenvalue weighted by atomic mass is 35.5. The molecule has 2 aliphatic carbocycles. The number of carboxylic acids is 1. The largest absolute Gasteiger partial charge is 0.508 e. The lowest BCUT2D eigenvalue weighted by molar-refractivity contribution is -0.142. The van der Waals surface area contributed by atoms with Crippen molar-refractivity contribution in [2.75, 3.05) is 11.4 Å². The Morgan fingerprint density at radius 3 is 2.33 bits per heavy atom. The monoisotopic (exact) mass is 634 g/mol. The summed E-state index contributed by atoms with van der Waals surface area (Å²) in [6.07, 6.45) is 1.09. The molecule has 42 heavy (non-hydrogen) atoms. The number of aromatic hydroxyl groups is 1. The van der Waals surface area contributed by atoms with E-state index in [-0.39, 0.29) is 41.4 Å². The van der Waals surface area contributed by atoms with Crippen LogP contribution in [-0.2, 0) is 24.0 Å². The van der Waals surface area contributed by atoms with Gasteiger partial charge < -0.3 is 10.2 Å². The third kappa shape index (κ3) is 3.84. The van der Waals surface area contributed by atoms with Gasteiger partial charge in [-0.3, -0.25) is 28.9 Å². The predicted molar refractivity (Wildman–Crippen MR) is 149 cm³/mol. The number of benzene rings is 2. The molecule has 6 atom stereocenters. The molecule has 0 spiro atoms. The molecule has 2 N–H and O–H groups in total. The van der Waals surface area contributed by atoms with Crippen molar-refractivity contribution in [3.63, 3.8) is 0 Å². The molecule has 2 aliphatic heterocycles. The van der Waals surface area contributed by atoms with Gasteiger partial charge in [-0.2, -0.15) is 0 Å². The number of nitrogens with zero attached hydrogens (tertiary/aromatic N) is 2. The van der Waals surface area contributed by atoms with Gasteiger partial charge >= 0.3 is 5.97 Å².